The maximum Gasteiger partial charge on any atom is 0.223 e. The number of nitrogens with zero attached hydrogens (tertiary/aromatic N) is 1. The second-order valence-electron chi connectivity index (χ2n) is 5.21. The number of ether oxygens (including phenoxy) is 1. The molecule has 2 N–H and O–H groups in total. The molecule has 0 bridgehead atoms. The maximum absolute atomic E-state index is 12.0. The summed E-state index contributed by atoms with van der Waals surface area (Å²) in [6.45, 7) is 8.06. The van der Waals surface area contributed by atoms with Gasteiger partial charge in [-0.15, -0.1) is 0 Å². The number of hydrogen-bond acceptors (Lipinski definition) is 3. The monoisotopic (exact) mass is 228 g/mol. The Balaban J connectivity index is 2.45. The standard InChI is InChI=1S/C12H24N2O2/c1-4-10-9-16-8-7-14(10)11(15)5-6-12(2,3)13/h10H,4-9,13H2,1-3H3. The zero-order chi connectivity index (χ0) is 12.2. The van der Waals surface area contributed by atoms with Gasteiger partial charge in [-0.05, 0) is 26.7 Å². The molecule has 0 aromatic heterocycles. The fraction of sp³-hybridized carbons (Fsp3) is 0.917. The van der Waals surface area contributed by atoms with Gasteiger partial charge >= 0.3 is 0 Å². The third-order valence-electron chi connectivity index (χ3n) is 3.00. The van der Waals surface area contributed by atoms with Crippen molar-refractivity contribution in [3.63, 3.8) is 0 Å². The molecule has 1 unspecified atom stereocenters. The summed E-state index contributed by atoms with van der Waals surface area (Å²) in [5, 5.41) is 0. The molecule has 94 valence electrons. The van der Waals surface area contributed by atoms with E-state index in [0.29, 0.717) is 19.6 Å². The minimum absolute atomic E-state index is 0.216. The second-order valence-corrected chi connectivity index (χ2v) is 5.21. The number of carbonyl (C=O) groups is 1. The van der Waals surface area contributed by atoms with Gasteiger partial charge < -0.3 is 15.4 Å². The summed E-state index contributed by atoms with van der Waals surface area (Å²) in [6, 6.07) is 0.252. The van der Waals surface area contributed by atoms with Gasteiger partial charge in [-0.25, -0.2) is 0 Å². The minimum Gasteiger partial charge on any atom is -0.377 e. The Bertz CT molecular complexity index is 236. The molecular weight excluding hydrogens is 204 g/mol. The molecule has 16 heavy (non-hydrogen) atoms. The van der Waals surface area contributed by atoms with Crippen molar-refractivity contribution in [1.29, 1.82) is 0 Å². The molecule has 1 aliphatic rings. The summed E-state index contributed by atoms with van der Waals surface area (Å²) in [5.74, 6) is 0.216. The number of hydrogen-bond donors (Lipinski definition) is 1. The first-order valence-corrected chi connectivity index (χ1v) is 6.10. The third kappa shape index (κ3) is 4.10. The molecule has 0 saturated carbocycles. The predicted molar refractivity (Wildman–Crippen MR) is 64.1 cm³/mol. The zero-order valence-electron chi connectivity index (χ0n) is 10.7. The van der Waals surface area contributed by atoms with E-state index in [0.717, 1.165) is 19.4 Å². The van der Waals surface area contributed by atoms with Crippen molar-refractivity contribution >= 4 is 5.91 Å². The average molecular weight is 228 g/mol. The van der Waals surface area contributed by atoms with Gasteiger partial charge in [-0.3, -0.25) is 4.79 Å². The van der Waals surface area contributed by atoms with E-state index in [1.165, 1.54) is 0 Å². The summed E-state index contributed by atoms with van der Waals surface area (Å²) in [4.78, 5) is 14.0. The first kappa shape index (κ1) is 13.5. The second kappa shape index (κ2) is 5.64. The molecule has 0 aromatic carbocycles. The highest BCUT2D eigenvalue weighted by Gasteiger charge is 2.26. The van der Waals surface area contributed by atoms with E-state index in [4.69, 9.17) is 10.5 Å². The highest BCUT2D eigenvalue weighted by molar-refractivity contribution is 5.76. The smallest absolute Gasteiger partial charge is 0.223 e. The van der Waals surface area contributed by atoms with Gasteiger partial charge in [0.05, 0.1) is 19.3 Å². The van der Waals surface area contributed by atoms with Crippen LogP contribution in [0.3, 0.4) is 0 Å². The van der Waals surface area contributed by atoms with Crippen molar-refractivity contribution in [3.05, 3.63) is 0 Å². The van der Waals surface area contributed by atoms with Crippen molar-refractivity contribution < 1.29 is 9.53 Å². The van der Waals surface area contributed by atoms with Crippen LogP contribution >= 0.6 is 0 Å². The van der Waals surface area contributed by atoms with Crippen molar-refractivity contribution in [2.45, 2.75) is 51.6 Å². The van der Waals surface area contributed by atoms with Crippen LogP contribution in [-0.4, -0.2) is 42.1 Å². The first-order valence-electron chi connectivity index (χ1n) is 6.10. The molecule has 1 atom stereocenters. The molecule has 1 amide bonds. The number of amides is 1. The molecule has 1 rings (SSSR count). The zero-order valence-corrected chi connectivity index (χ0v) is 10.7. The van der Waals surface area contributed by atoms with Crippen LogP contribution in [0, 0.1) is 0 Å². The molecule has 1 aliphatic heterocycles. The van der Waals surface area contributed by atoms with Crippen LogP contribution in [0.2, 0.25) is 0 Å². The van der Waals surface area contributed by atoms with E-state index < -0.39 is 0 Å². The van der Waals surface area contributed by atoms with Crippen molar-refractivity contribution in [3.8, 4) is 0 Å². The van der Waals surface area contributed by atoms with Gasteiger partial charge in [-0.1, -0.05) is 6.92 Å². The summed E-state index contributed by atoms with van der Waals surface area (Å²) in [7, 11) is 0. The van der Waals surface area contributed by atoms with Crippen molar-refractivity contribution in [2.75, 3.05) is 19.8 Å². The Morgan fingerprint density at radius 3 is 2.81 bits per heavy atom. The van der Waals surface area contributed by atoms with Gasteiger partial charge in [0.25, 0.3) is 0 Å². The SMILES string of the molecule is CCC1COCCN1C(=O)CCC(C)(C)N. The number of nitrogens with two attached hydrogens (primary N) is 1. The van der Waals surface area contributed by atoms with Crippen LogP contribution in [0.15, 0.2) is 0 Å². The lowest BCUT2D eigenvalue weighted by Gasteiger charge is -2.35. The maximum atomic E-state index is 12.0. The predicted octanol–water partition coefficient (Wildman–Crippen LogP) is 1.14. The number of carbonyl (C=O) groups excluding carboxylic acids is 1. The van der Waals surface area contributed by atoms with E-state index in [1.54, 1.807) is 0 Å². The van der Waals surface area contributed by atoms with Crippen LogP contribution in [0.5, 0.6) is 0 Å². The van der Waals surface area contributed by atoms with Gasteiger partial charge in [0.15, 0.2) is 0 Å². The Labute approximate surface area is 98.1 Å². The molecule has 1 heterocycles. The van der Waals surface area contributed by atoms with Crippen LogP contribution in [0.4, 0.5) is 0 Å². The molecule has 1 fully saturated rings. The molecule has 0 aromatic rings. The van der Waals surface area contributed by atoms with Crippen LogP contribution in [-0.2, 0) is 9.53 Å². The van der Waals surface area contributed by atoms with Gasteiger partial charge in [-0.2, -0.15) is 0 Å². The van der Waals surface area contributed by atoms with E-state index in [1.807, 2.05) is 18.7 Å². The lowest BCUT2D eigenvalue weighted by Crippen LogP contribution is -2.48. The third-order valence-corrected chi connectivity index (χ3v) is 3.00. The number of morpholine rings is 1. The van der Waals surface area contributed by atoms with Gasteiger partial charge in [0, 0.05) is 18.5 Å². The van der Waals surface area contributed by atoms with E-state index in [9.17, 15) is 4.79 Å². The highest BCUT2D eigenvalue weighted by atomic mass is 16.5. The lowest BCUT2D eigenvalue weighted by atomic mass is 9.99. The molecule has 0 radical (unpaired) electrons. The number of rotatable bonds is 4. The molecular formula is C12H24N2O2. The van der Waals surface area contributed by atoms with Crippen LogP contribution in [0.25, 0.3) is 0 Å². The Kier molecular flexibility index (Phi) is 4.74. The molecule has 1 saturated heterocycles. The lowest BCUT2D eigenvalue weighted by molar-refractivity contribution is -0.140. The Morgan fingerprint density at radius 2 is 2.25 bits per heavy atom. The van der Waals surface area contributed by atoms with Crippen molar-refractivity contribution in [2.24, 2.45) is 5.73 Å². The normalized spacial score (nSPS) is 22.2. The molecule has 4 heteroatoms. The molecule has 0 aliphatic carbocycles. The van der Waals surface area contributed by atoms with Crippen LogP contribution < -0.4 is 5.73 Å². The van der Waals surface area contributed by atoms with E-state index >= 15 is 0 Å². The fourth-order valence-corrected chi connectivity index (χ4v) is 1.89. The van der Waals surface area contributed by atoms with Gasteiger partial charge in [0.1, 0.15) is 0 Å². The Hall–Kier alpha value is -0.610. The quantitative estimate of drug-likeness (QED) is 0.785. The Morgan fingerprint density at radius 1 is 1.56 bits per heavy atom. The molecule has 0 spiro atoms. The fourth-order valence-electron chi connectivity index (χ4n) is 1.89. The summed E-state index contributed by atoms with van der Waals surface area (Å²) in [6.07, 6.45) is 2.23. The largest absolute Gasteiger partial charge is 0.377 e. The first-order chi connectivity index (χ1) is 7.44. The highest BCUT2D eigenvalue weighted by Crippen LogP contribution is 2.15. The summed E-state index contributed by atoms with van der Waals surface area (Å²) >= 11 is 0. The van der Waals surface area contributed by atoms with Gasteiger partial charge in [0.2, 0.25) is 5.91 Å². The van der Waals surface area contributed by atoms with E-state index in [-0.39, 0.29) is 17.5 Å². The van der Waals surface area contributed by atoms with E-state index in [2.05, 4.69) is 6.92 Å². The van der Waals surface area contributed by atoms with Crippen molar-refractivity contribution in [1.82, 2.24) is 4.90 Å². The van der Waals surface area contributed by atoms with Crippen LogP contribution in [0.1, 0.15) is 40.0 Å². The summed E-state index contributed by atoms with van der Waals surface area (Å²) < 4.78 is 5.38. The summed E-state index contributed by atoms with van der Waals surface area (Å²) in [5.41, 5.74) is 5.62. The topological polar surface area (TPSA) is 55.6 Å². The minimum atomic E-state index is -0.260. The average Bonchev–Trinajstić information content (AvgIpc) is 2.25. The molecule has 4 nitrogen and oxygen atoms in total.